The molecule has 0 saturated carbocycles. The highest BCUT2D eigenvalue weighted by atomic mass is 16.2. The van der Waals surface area contributed by atoms with Crippen LogP contribution in [0.3, 0.4) is 0 Å². The van der Waals surface area contributed by atoms with Crippen molar-refractivity contribution in [2.45, 2.75) is 19.8 Å². The number of carbonyl (C=O) groups is 1. The maximum atomic E-state index is 12.0. The molecular weight excluding hydrogens is 204 g/mol. The molecule has 0 aliphatic carbocycles. The fourth-order valence-electron chi connectivity index (χ4n) is 1.41. The summed E-state index contributed by atoms with van der Waals surface area (Å²) in [6.45, 7) is 2.44. The molecule has 1 amide bonds. The summed E-state index contributed by atoms with van der Waals surface area (Å²) in [5.74, 6) is -0.0926. The molecule has 5 heteroatoms. The van der Waals surface area contributed by atoms with Gasteiger partial charge in [-0.15, -0.1) is 0 Å². The monoisotopic (exact) mass is 220 g/mol. The normalized spacial score (nSPS) is 9.88. The molecule has 0 aliphatic rings. The molecular formula is C11H16N4O. The fourth-order valence-corrected chi connectivity index (χ4v) is 1.41. The van der Waals surface area contributed by atoms with Gasteiger partial charge < -0.3 is 4.90 Å². The minimum atomic E-state index is -0.0926. The summed E-state index contributed by atoms with van der Waals surface area (Å²) >= 11 is 0. The van der Waals surface area contributed by atoms with E-state index in [-0.39, 0.29) is 5.91 Å². The van der Waals surface area contributed by atoms with Crippen LogP contribution in [-0.4, -0.2) is 34.2 Å². The summed E-state index contributed by atoms with van der Waals surface area (Å²) < 4.78 is 1.59. The van der Waals surface area contributed by atoms with Crippen LogP contribution in [0.15, 0.2) is 6.07 Å². The molecule has 5 nitrogen and oxygen atoms in total. The molecule has 16 heavy (non-hydrogen) atoms. The molecule has 1 rings (SSSR count). The maximum Gasteiger partial charge on any atom is 0.271 e. The van der Waals surface area contributed by atoms with E-state index in [1.165, 1.54) is 0 Å². The highest BCUT2D eigenvalue weighted by Crippen LogP contribution is 2.07. The van der Waals surface area contributed by atoms with Crippen molar-refractivity contribution in [3.63, 3.8) is 0 Å². The largest absolute Gasteiger partial charge is 0.339 e. The van der Waals surface area contributed by atoms with E-state index in [0.717, 1.165) is 12.1 Å². The molecule has 0 atom stereocenters. The molecule has 0 fully saturated rings. The van der Waals surface area contributed by atoms with E-state index < -0.39 is 0 Å². The lowest BCUT2D eigenvalue weighted by Crippen LogP contribution is -2.29. The van der Waals surface area contributed by atoms with E-state index in [4.69, 9.17) is 5.26 Å². The van der Waals surface area contributed by atoms with Crippen molar-refractivity contribution >= 4 is 5.91 Å². The smallest absolute Gasteiger partial charge is 0.271 e. The van der Waals surface area contributed by atoms with Crippen LogP contribution in [0.2, 0.25) is 0 Å². The third-order valence-electron chi connectivity index (χ3n) is 2.42. The van der Waals surface area contributed by atoms with Crippen LogP contribution in [0.5, 0.6) is 0 Å². The summed E-state index contributed by atoms with van der Waals surface area (Å²) in [5, 5.41) is 12.7. The van der Waals surface area contributed by atoms with Gasteiger partial charge in [-0.05, 0) is 12.5 Å². The van der Waals surface area contributed by atoms with Crippen LogP contribution < -0.4 is 0 Å². The molecule has 86 valence electrons. The average Bonchev–Trinajstić information content (AvgIpc) is 2.66. The first kappa shape index (κ1) is 12.2. The number of nitriles is 1. The van der Waals surface area contributed by atoms with Crippen LogP contribution in [0, 0.1) is 11.3 Å². The first-order valence-electron chi connectivity index (χ1n) is 5.25. The van der Waals surface area contributed by atoms with Crippen molar-refractivity contribution in [1.29, 1.82) is 5.26 Å². The molecule has 0 N–H and O–H groups in total. The second-order valence-electron chi connectivity index (χ2n) is 3.63. The maximum absolute atomic E-state index is 12.0. The van der Waals surface area contributed by atoms with Gasteiger partial charge in [0.1, 0.15) is 5.69 Å². The quantitative estimate of drug-likeness (QED) is 0.759. The molecule has 1 aromatic heterocycles. The molecule has 0 unspecified atom stereocenters. The summed E-state index contributed by atoms with van der Waals surface area (Å²) in [6.07, 6.45) is 1.16. The first-order chi connectivity index (χ1) is 7.60. The first-order valence-corrected chi connectivity index (χ1v) is 5.25. The van der Waals surface area contributed by atoms with Crippen LogP contribution in [0.25, 0.3) is 0 Å². The Morgan fingerprint density at radius 3 is 2.88 bits per heavy atom. The van der Waals surface area contributed by atoms with Gasteiger partial charge in [0.2, 0.25) is 0 Å². The molecule has 0 aliphatic heterocycles. The Balaban J connectivity index is 2.79. The Morgan fingerprint density at radius 2 is 2.38 bits per heavy atom. The Kier molecular flexibility index (Phi) is 4.06. The Hall–Kier alpha value is -1.83. The second-order valence-corrected chi connectivity index (χ2v) is 3.63. The number of aromatic nitrogens is 2. The number of amides is 1. The average molecular weight is 220 g/mol. The van der Waals surface area contributed by atoms with Crippen molar-refractivity contribution < 1.29 is 4.79 Å². The standard InChI is InChI=1S/C11H16N4O/c1-4-9-8-10(15(3)13-9)11(16)14(2)7-5-6-12/h8H,4-5,7H2,1-3H3. The van der Waals surface area contributed by atoms with E-state index in [2.05, 4.69) is 5.10 Å². The van der Waals surface area contributed by atoms with Gasteiger partial charge in [-0.1, -0.05) is 6.92 Å². The minimum absolute atomic E-state index is 0.0926. The summed E-state index contributed by atoms with van der Waals surface area (Å²) in [6, 6.07) is 3.82. The number of carbonyl (C=O) groups excluding carboxylic acids is 1. The Morgan fingerprint density at radius 1 is 1.69 bits per heavy atom. The fraction of sp³-hybridized carbons (Fsp3) is 0.545. The van der Waals surface area contributed by atoms with Crippen molar-refractivity contribution in [3.05, 3.63) is 17.5 Å². The Labute approximate surface area is 95.3 Å². The zero-order valence-corrected chi connectivity index (χ0v) is 9.90. The molecule has 1 heterocycles. The lowest BCUT2D eigenvalue weighted by atomic mass is 10.3. The van der Waals surface area contributed by atoms with Crippen molar-refractivity contribution in [3.8, 4) is 6.07 Å². The van der Waals surface area contributed by atoms with Crippen LogP contribution in [0.1, 0.15) is 29.5 Å². The van der Waals surface area contributed by atoms with Gasteiger partial charge in [-0.3, -0.25) is 9.48 Å². The summed E-state index contributed by atoms with van der Waals surface area (Å²) in [4.78, 5) is 13.5. The molecule has 0 bridgehead atoms. The van der Waals surface area contributed by atoms with Gasteiger partial charge >= 0.3 is 0 Å². The lowest BCUT2D eigenvalue weighted by molar-refractivity contribution is 0.0787. The third-order valence-corrected chi connectivity index (χ3v) is 2.42. The van der Waals surface area contributed by atoms with Crippen LogP contribution in [-0.2, 0) is 13.5 Å². The minimum Gasteiger partial charge on any atom is -0.339 e. The summed E-state index contributed by atoms with van der Waals surface area (Å²) in [5.41, 5.74) is 1.47. The number of hydrogen-bond acceptors (Lipinski definition) is 3. The van der Waals surface area contributed by atoms with Gasteiger partial charge in [-0.2, -0.15) is 10.4 Å². The van der Waals surface area contributed by atoms with E-state index >= 15 is 0 Å². The highest BCUT2D eigenvalue weighted by molar-refractivity contribution is 5.92. The highest BCUT2D eigenvalue weighted by Gasteiger charge is 2.16. The van der Waals surface area contributed by atoms with Gasteiger partial charge in [0.05, 0.1) is 18.2 Å². The SMILES string of the molecule is CCc1cc(C(=O)N(C)CCC#N)n(C)n1. The third kappa shape index (κ3) is 2.60. The number of nitrogens with zero attached hydrogens (tertiary/aromatic N) is 4. The second kappa shape index (κ2) is 5.31. The molecule has 0 aromatic carbocycles. The van der Waals surface area contributed by atoms with E-state index in [1.807, 2.05) is 13.0 Å². The number of aryl methyl sites for hydroxylation is 2. The molecule has 0 spiro atoms. The van der Waals surface area contributed by atoms with Gasteiger partial charge in [0.25, 0.3) is 5.91 Å². The van der Waals surface area contributed by atoms with Crippen molar-refractivity contribution in [2.75, 3.05) is 13.6 Å². The van der Waals surface area contributed by atoms with Crippen LogP contribution in [0.4, 0.5) is 0 Å². The molecule has 0 radical (unpaired) electrons. The van der Waals surface area contributed by atoms with E-state index in [9.17, 15) is 4.79 Å². The topological polar surface area (TPSA) is 61.9 Å². The number of rotatable bonds is 4. The van der Waals surface area contributed by atoms with E-state index in [1.54, 1.807) is 29.7 Å². The van der Waals surface area contributed by atoms with E-state index in [0.29, 0.717) is 18.7 Å². The van der Waals surface area contributed by atoms with Crippen LogP contribution >= 0.6 is 0 Å². The molecule has 1 aromatic rings. The zero-order valence-electron chi connectivity index (χ0n) is 9.90. The lowest BCUT2D eigenvalue weighted by Gasteiger charge is -2.14. The predicted octanol–water partition coefficient (Wildman–Crippen LogP) is 0.968. The van der Waals surface area contributed by atoms with Crippen molar-refractivity contribution in [1.82, 2.24) is 14.7 Å². The summed E-state index contributed by atoms with van der Waals surface area (Å²) in [7, 11) is 3.45. The van der Waals surface area contributed by atoms with Gasteiger partial charge in [0, 0.05) is 20.6 Å². The molecule has 0 saturated heterocycles. The number of hydrogen-bond donors (Lipinski definition) is 0. The predicted molar refractivity (Wildman–Crippen MR) is 59.8 cm³/mol. The Bertz CT molecular complexity index is 416. The van der Waals surface area contributed by atoms with Gasteiger partial charge in [-0.25, -0.2) is 0 Å². The van der Waals surface area contributed by atoms with Crippen molar-refractivity contribution in [2.24, 2.45) is 7.05 Å². The zero-order chi connectivity index (χ0) is 12.1. The van der Waals surface area contributed by atoms with Gasteiger partial charge in [0.15, 0.2) is 0 Å².